The highest BCUT2D eigenvalue weighted by Crippen LogP contribution is 2.24. The van der Waals surface area contributed by atoms with E-state index < -0.39 is 18.7 Å². The molecule has 0 fully saturated rings. The van der Waals surface area contributed by atoms with Crippen LogP contribution >= 0.6 is 27.5 Å². The van der Waals surface area contributed by atoms with Crippen molar-refractivity contribution in [3.63, 3.8) is 0 Å². The van der Waals surface area contributed by atoms with E-state index in [1.54, 1.807) is 18.2 Å². The molecule has 0 aliphatic heterocycles. The first-order valence-electron chi connectivity index (χ1n) is 6.30. The van der Waals surface area contributed by atoms with Crippen molar-refractivity contribution in [2.24, 2.45) is 0 Å². The number of hydrogen-bond acceptors (Lipinski definition) is 2. The zero-order valence-corrected chi connectivity index (χ0v) is 13.8. The molecule has 0 heterocycles. The minimum atomic E-state index is -4.40. The number of nitrogens with one attached hydrogen (secondary N) is 1. The van der Waals surface area contributed by atoms with Crippen LogP contribution in [0.15, 0.2) is 46.9 Å². The van der Waals surface area contributed by atoms with Crippen LogP contribution in [0.4, 0.5) is 18.9 Å². The maximum Gasteiger partial charge on any atom is 0.422 e. The Labute approximate surface area is 143 Å². The Morgan fingerprint density at radius 1 is 1.17 bits per heavy atom. The second-order valence-corrected chi connectivity index (χ2v) is 5.83. The topological polar surface area (TPSA) is 38.3 Å². The van der Waals surface area contributed by atoms with Crippen LogP contribution in [0.3, 0.4) is 0 Å². The average molecular weight is 409 g/mol. The second-order valence-electron chi connectivity index (χ2n) is 4.51. The van der Waals surface area contributed by atoms with E-state index in [1.807, 2.05) is 0 Å². The lowest BCUT2D eigenvalue weighted by atomic mass is 10.2. The molecule has 0 aliphatic rings. The predicted molar refractivity (Wildman–Crippen MR) is 85.1 cm³/mol. The van der Waals surface area contributed by atoms with Crippen molar-refractivity contribution < 1.29 is 22.7 Å². The van der Waals surface area contributed by atoms with Gasteiger partial charge in [0, 0.05) is 10.2 Å². The van der Waals surface area contributed by atoms with Crippen LogP contribution in [0.2, 0.25) is 5.02 Å². The van der Waals surface area contributed by atoms with E-state index in [4.69, 9.17) is 11.6 Å². The molecular weight excluding hydrogens is 399 g/mol. The SMILES string of the molecule is O=C(Nc1ccc(OCC(F)(F)F)cc1)c1ccc(Br)cc1Cl. The highest BCUT2D eigenvalue weighted by molar-refractivity contribution is 9.10. The third-order valence-electron chi connectivity index (χ3n) is 2.69. The normalized spacial score (nSPS) is 11.2. The molecule has 0 aromatic heterocycles. The molecule has 0 unspecified atom stereocenters. The van der Waals surface area contributed by atoms with Crippen LogP contribution < -0.4 is 10.1 Å². The maximum atomic E-state index is 12.1. The van der Waals surface area contributed by atoms with E-state index in [9.17, 15) is 18.0 Å². The van der Waals surface area contributed by atoms with E-state index in [0.29, 0.717) is 5.69 Å². The summed E-state index contributed by atoms with van der Waals surface area (Å²) < 4.78 is 41.5. The van der Waals surface area contributed by atoms with Crippen molar-refractivity contribution in [2.45, 2.75) is 6.18 Å². The fraction of sp³-hybridized carbons (Fsp3) is 0.133. The van der Waals surface area contributed by atoms with E-state index >= 15 is 0 Å². The number of rotatable bonds is 4. The van der Waals surface area contributed by atoms with Gasteiger partial charge in [-0.05, 0) is 42.5 Å². The molecule has 2 aromatic carbocycles. The monoisotopic (exact) mass is 407 g/mol. The first-order valence-corrected chi connectivity index (χ1v) is 7.48. The average Bonchev–Trinajstić information content (AvgIpc) is 2.45. The number of benzene rings is 2. The summed E-state index contributed by atoms with van der Waals surface area (Å²) in [5.74, 6) is -0.367. The molecule has 0 spiro atoms. The molecule has 0 aliphatic carbocycles. The van der Waals surface area contributed by atoms with E-state index in [-0.39, 0.29) is 16.3 Å². The van der Waals surface area contributed by atoms with Gasteiger partial charge in [0.05, 0.1) is 10.6 Å². The Morgan fingerprint density at radius 3 is 2.39 bits per heavy atom. The molecule has 0 bridgehead atoms. The molecule has 1 amide bonds. The Balaban J connectivity index is 2.01. The largest absolute Gasteiger partial charge is 0.484 e. The number of ether oxygens (including phenoxy) is 1. The molecule has 8 heteroatoms. The summed E-state index contributed by atoms with van der Waals surface area (Å²) in [6.07, 6.45) is -4.40. The van der Waals surface area contributed by atoms with Gasteiger partial charge in [0.2, 0.25) is 0 Å². The third kappa shape index (κ3) is 5.44. The van der Waals surface area contributed by atoms with Gasteiger partial charge >= 0.3 is 6.18 Å². The van der Waals surface area contributed by atoms with Gasteiger partial charge in [0.1, 0.15) is 5.75 Å². The quantitative estimate of drug-likeness (QED) is 0.746. The van der Waals surface area contributed by atoms with Crippen molar-refractivity contribution in [2.75, 3.05) is 11.9 Å². The number of anilines is 1. The molecule has 3 nitrogen and oxygen atoms in total. The maximum absolute atomic E-state index is 12.1. The number of halogens is 5. The van der Waals surface area contributed by atoms with Crippen LogP contribution in [0.5, 0.6) is 5.75 Å². The van der Waals surface area contributed by atoms with Crippen molar-refractivity contribution in [3.8, 4) is 5.75 Å². The van der Waals surface area contributed by atoms with Gasteiger partial charge in [-0.1, -0.05) is 27.5 Å². The Bertz CT molecular complexity index is 705. The molecule has 2 aromatic rings. The van der Waals surface area contributed by atoms with Gasteiger partial charge < -0.3 is 10.1 Å². The number of hydrogen-bond donors (Lipinski definition) is 1. The van der Waals surface area contributed by atoms with Crippen LogP contribution in [0.1, 0.15) is 10.4 Å². The fourth-order valence-electron chi connectivity index (χ4n) is 1.67. The van der Waals surface area contributed by atoms with Gasteiger partial charge in [0.25, 0.3) is 5.91 Å². The summed E-state index contributed by atoms with van der Waals surface area (Å²) in [7, 11) is 0. The lowest BCUT2D eigenvalue weighted by molar-refractivity contribution is -0.153. The van der Waals surface area contributed by atoms with Crippen molar-refractivity contribution in [3.05, 3.63) is 57.5 Å². The Hall–Kier alpha value is -1.73. The van der Waals surface area contributed by atoms with E-state index in [1.165, 1.54) is 24.3 Å². The first-order chi connectivity index (χ1) is 10.7. The first kappa shape index (κ1) is 17.6. The molecule has 1 N–H and O–H groups in total. The van der Waals surface area contributed by atoms with Crippen molar-refractivity contribution in [1.82, 2.24) is 0 Å². The molecule has 122 valence electrons. The summed E-state index contributed by atoms with van der Waals surface area (Å²) in [4.78, 5) is 12.1. The molecule has 23 heavy (non-hydrogen) atoms. The zero-order valence-electron chi connectivity index (χ0n) is 11.5. The van der Waals surface area contributed by atoms with Gasteiger partial charge in [-0.3, -0.25) is 4.79 Å². The minimum absolute atomic E-state index is 0.0574. The number of carbonyl (C=O) groups is 1. The van der Waals surface area contributed by atoms with Gasteiger partial charge in [0.15, 0.2) is 6.61 Å². The number of amides is 1. The van der Waals surface area contributed by atoms with Crippen LogP contribution in [0, 0.1) is 0 Å². The van der Waals surface area contributed by atoms with E-state index in [0.717, 1.165) is 4.47 Å². The van der Waals surface area contributed by atoms with Gasteiger partial charge in [-0.25, -0.2) is 0 Å². The smallest absolute Gasteiger partial charge is 0.422 e. The zero-order chi connectivity index (χ0) is 17.0. The number of carbonyl (C=O) groups excluding carboxylic acids is 1. The summed E-state index contributed by atoms with van der Waals surface area (Å²) in [5, 5.41) is 2.88. The summed E-state index contributed by atoms with van der Waals surface area (Å²) in [6, 6.07) is 10.4. The summed E-state index contributed by atoms with van der Waals surface area (Å²) in [6.45, 7) is -1.37. The summed E-state index contributed by atoms with van der Waals surface area (Å²) >= 11 is 9.22. The summed E-state index contributed by atoms with van der Waals surface area (Å²) in [5.41, 5.74) is 0.695. The van der Waals surface area contributed by atoms with Gasteiger partial charge in [-0.15, -0.1) is 0 Å². The lowest BCUT2D eigenvalue weighted by Gasteiger charge is -2.10. The molecule has 0 saturated carbocycles. The predicted octanol–water partition coefficient (Wildman–Crippen LogP) is 5.30. The van der Waals surface area contributed by atoms with Crippen molar-refractivity contribution in [1.29, 1.82) is 0 Å². The Morgan fingerprint density at radius 2 is 1.83 bits per heavy atom. The molecule has 0 radical (unpaired) electrons. The molecular formula is C15H10BrClF3NO2. The standard InChI is InChI=1S/C15H10BrClF3NO2/c16-9-1-6-12(13(17)7-9)14(22)21-10-2-4-11(5-3-10)23-8-15(18,19)20/h1-7H,8H2,(H,21,22). The fourth-order valence-corrected chi connectivity index (χ4v) is 2.43. The number of alkyl halides is 3. The Kier molecular flexibility index (Phi) is 5.54. The highest BCUT2D eigenvalue weighted by Gasteiger charge is 2.28. The van der Waals surface area contributed by atoms with Crippen LogP contribution in [0.25, 0.3) is 0 Å². The highest BCUT2D eigenvalue weighted by atomic mass is 79.9. The van der Waals surface area contributed by atoms with Gasteiger partial charge in [-0.2, -0.15) is 13.2 Å². The third-order valence-corrected chi connectivity index (χ3v) is 3.50. The molecule has 0 atom stereocenters. The van der Waals surface area contributed by atoms with Crippen LogP contribution in [-0.4, -0.2) is 18.7 Å². The van der Waals surface area contributed by atoms with Crippen LogP contribution in [-0.2, 0) is 0 Å². The van der Waals surface area contributed by atoms with Crippen molar-refractivity contribution >= 4 is 39.1 Å². The van der Waals surface area contributed by atoms with E-state index in [2.05, 4.69) is 26.0 Å². The second kappa shape index (κ2) is 7.23. The molecule has 2 rings (SSSR count). The minimum Gasteiger partial charge on any atom is -0.484 e. The molecule has 0 saturated heterocycles. The lowest BCUT2D eigenvalue weighted by Crippen LogP contribution is -2.19.